The van der Waals surface area contributed by atoms with E-state index in [-0.39, 0.29) is 5.41 Å². The van der Waals surface area contributed by atoms with Crippen LogP contribution in [-0.4, -0.2) is 20.3 Å². The van der Waals surface area contributed by atoms with E-state index >= 15 is 0 Å². The van der Waals surface area contributed by atoms with Crippen LogP contribution in [-0.2, 0) is 5.41 Å². The highest BCUT2D eigenvalue weighted by atomic mass is 15.4. The third-order valence-electron chi connectivity index (χ3n) is 4.19. The summed E-state index contributed by atoms with van der Waals surface area (Å²) in [5.74, 6) is 0. The third kappa shape index (κ3) is 4.35. The number of hydrogen-bond donors (Lipinski definition) is 1. The minimum atomic E-state index is 0.0250. The highest BCUT2D eigenvalue weighted by molar-refractivity contribution is 5.64. The Hall–Kier alpha value is -2.29. The molecule has 2 rings (SSSR count). The topological polar surface area (TPSA) is 27.6 Å². The van der Waals surface area contributed by atoms with E-state index in [2.05, 4.69) is 79.7 Å². The van der Waals surface area contributed by atoms with Gasteiger partial charge in [-0.15, -0.1) is 0 Å². The number of anilines is 2. The molecule has 0 aliphatic rings. The summed E-state index contributed by atoms with van der Waals surface area (Å²) in [7, 11) is 3.95. The fraction of sp³-hybridized carbons (Fsp3) is 0.350. The molecule has 3 heteroatoms. The van der Waals surface area contributed by atoms with Crippen molar-refractivity contribution in [2.24, 2.45) is 5.10 Å². The Kier molecular flexibility index (Phi) is 5.43. The lowest BCUT2D eigenvalue weighted by Crippen LogP contribution is -2.20. The Balaban J connectivity index is 2.07. The van der Waals surface area contributed by atoms with Gasteiger partial charge in [-0.1, -0.05) is 49.7 Å². The number of para-hydroxylation sites is 1. The molecule has 23 heavy (non-hydrogen) atoms. The van der Waals surface area contributed by atoms with E-state index in [1.54, 1.807) is 0 Å². The molecule has 1 N–H and O–H groups in total. The summed E-state index contributed by atoms with van der Waals surface area (Å²) in [6.07, 6.45) is 2.88. The van der Waals surface area contributed by atoms with Crippen LogP contribution >= 0.6 is 0 Å². The van der Waals surface area contributed by atoms with Crippen molar-refractivity contribution in [2.45, 2.75) is 32.6 Å². The molecule has 0 spiro atoms. The van der Waals surface area contributed by atoms with Gasteiger partial charge in [-0.3, -0.25) is 5.01 Å². The quantitative estimate of drug-likeness (QED) is 0.611. The van der Waals surface area contributed by atoms with Crippen LogP contribution in [0.3, 0.4) is 0 Å². The average molecular weight is 309 g/mol. The summed E-state index contributed by atoms with van der Waals surface area (Å²) >= 11 is 0. The van der Waals surface area contributed by atoms with Gasteiger partial charge in [-0.25, -0.2) is 0 Å². The SMILES string of the molecule is CNc1ccccc1C(C)(C)C/C=N/N(C)c1ccc(C)cc1. The maximum absolute atomic E-state index is 4.58. The van der Waals surface area contributed by atoms with Crippen LogP contribution in [0.1, 0.15) is 31.4 Å². The normalized spacial score (nSPS) is 11.7. The van der Waals surface area contributed by atoms with Crippen molar-refractivity contribution < 1.29 is 0 Å². The molecule has 0 bridgehead atoms. The predicted octanol–water partition coefficient (Wildman–Crippen LogP) is 4.83. The Morgan fingerprint density at radius 1 is 1.09 bits per heavy atom. The number of nitrogens with one attached hydrogen (secondary N) is 1. The molecule has 0 saturated heterocycles. The largest absolute Gasteiger partial charge is 0.388 e. The molecule has 0 radical (unpaired) electrons. The number of rotatable bonds is 6. The summed E-state index contributed by atoms with van der Waals surface area (Å²) in [5, 5.41) is 9.77. The first kappa shape index (κ1) is 17.1. The van der Waals surface area contributed by atoms with Gasteiger partial charge in [-0.2, -0.15) is 5.10 Å². The van der Waals surface area contributed by atoms with Crippen molar-refractivity contribution in [1.82, 2.24) is 0 Å². The van der Waals surface area contributed by atoms with E-state index in [0.29, 0.717) is 0 Å². The molecule has 0 aromatic heterocycles. The molecule has 0 fully saturated rings. The zero-order valence-corrected chi connectivity index (χ0v) is 14.8. The predicted molar refractivity (Wildman–Crippen MR) is 102 cm³/mol. The monoisotopic (exact) mass is 309 g/mol. The van der Waals surface area contributed by atoms with Gasteiger partial charge in [0.1, 0.15) is 0 Å². The summed E-state index contributed by atoms with van der Waals surface area (Å²) in [6.45, 7) is 6.59. The Labute approximate surface area is 140 Å². The van der Waals surface area contributed by atoms with E-state index in [0.717, 1.165) is 12.1 Å². The van der Waals surface area contributed by atoms with Crippen molar-refractivity contribution in [3.05, 3.63) is 59.7 Å². The minimum absolute atomic E-state index is 0.0250. The van der Waals surface area contributed by atoms with Gasteiger partial charge in [0.25, 0.3) is 0 Å². The van der Waals surface area contributed by atoms with Crippen molar-refractivity contribution in [3.8, 4) is 0 Å². The molecule has 122 valence electrons. The molecule has 0 heterocycles. The smallest absolute Gasteiger partial charge is 0.0590 e. The lowest BCUT2D eigenvalue weighted by Gasteiger charge is -2.26. The minimum Gasteiger partial charge on any atom is -0.388 e. The van der Waals surface area contributed by atoms with Gasteiger partial charge in [0.05, 0.1) is 5.69 Å². The van der Waals surface area contributed by atoms with Crippen LogP contribution < -0.4 is 10.3 Å². The number of hydrogen-bond acceptors (Lipinski definition) is 3. The first-order valence-corrected chi connectivity index (χ1v) is 8.04. The number of nitrogens with zero attached hydrogens (tertiary/aromatic N) is 2. The molecule has 0 aliphatic carbocycles. The van der Waals surface area contributed by atoms with E-state index in [1.807, 2.05) is 25.3 Å². The molecule has 2 aromatic rings. The van der Waals surface area contributed by atoms with Crippen LogP contribution in [0.25, 0.3) is 0 Å². The molecule has 0 saturated carbocycles. The molecular formula is C20H27N3. The van der Waals surface area contributed by atoms with Crippen molar-refractivity contribution >= 4 is 17.6 Å². The lowest BCUT2D eigenvalue weighted by molar-refractivity contribution is 0.555. The zero-order chi connectivity index (χ0) is 16.9. The van der Waals surface area contributed by atoms with Gasteiger partial charge in [-0.05, 0) is 42.5 Å². The molecule has 0 aliphatic heterocycles. The van der Waals surface area contributed by atoms with Gasteiger partial charge in [0.15, 0.2) is 0 Å². The van der Waals surface area contributed by atoms with E-state index < -0.39 is 0 Å². The summed E-state index contributed by atoms with van der Waals surface area (Å²) in [4.78, 5) is 0. The number of aryl methyl sites for hydroxylation is 1. The fourth-order valence-corrected chi connectivity index (χ4v) is 2.62. The van der Waals surface area contributed by atoms with Crippen LogP contribution in [0.15, 0.2) is 53.6 Å². The molecule has 3 nitrogen and oxygen atoms in total. The van der Waals surface area contributed by atoms with Crippen LogP contribution in [0, 0.1) is 6.92 Å². The van der Waals surface area contributed by atoms with Crippen LogP contribution in [0.2, 0.25) is 0 Å². The Morgan fingerprint density at radius 3 is 2.39 bits per heavy atom. The second kappa shape index (κ2) is 7.32. The molecule has 2 aromatic carbocycles. The molecule has 0 unspecified atom stereocenters. The van der Waals surface area contributed by atoms with Gasteiger partial charge in [0.2, 0.25) is 0 Å². The van der Waals surface area contributed by atoms with Crippen molar-refractivity contribution in [3.63, 3.8) is 0 Å². The summed E-state index contributed by atoms with van der Waals surface area (Å²) in [5.41, 5.74) is 4.87. The van der Waals surface area contributed by atoms with Gasteiger partial charge in [0, 0.05) is 26.0 Å². The average Bonchev–Trinajstić information content (AvgIpc) is 2.55. The Bertz CT molecular complexity index is 657. The molecular weight excluding hydrogens is 282 g/mol. The van der Waals surface area contributed by atoms with E-state index in [1.165, 1.54) is 16.8 Å². The number of hydrazone groups is 1. The third-order valence-corrected chi connectivity index (χ3v) is 4.19. The van der Waals surface area contributed by atoms with Gasteiger partial charge >= 0.3 is 0 Å². The van der Waals surface area contributed by atoms with Crippen LogP contribution in [0.5, 0.6) is 0 Å². The summed E-state index contributed by atoms with van der Waals surface area (Å²) < 4.78 is 0. The highest BCUT2D eigenvalue weighted by Gasteiger charge is 2.22. The molecule has 0 amide bonds. The standard InChI is InChI=1S/C20H27N3/c1-16-10-12-17(13-11-16)23(5)22-15-14-20(2,3)18-8-6-7-9-19(18)21-4/h6-13,15,21H,14H2,1-5H3/b22-15+. The first-order valence-electron chi connectivity index (χ1n) is 8.04. The lowest BCUT2D eigenvalue weighted by atomic mass is 9.81. The number of benzene rings is 2. The van der Waals surface area contributed by atoms with E-state index in [9.17, 15) is 0 Å². The zero-order valence-electron chi connectivity index (χ0n) is 14.8. The fourth-order valence-electron chi connectivity index (χ4n) is 2.62. The maximum Gasteiger partial charge on any atom is 0.0590 e. The summed E-state index contributed by atoms with van der Waals surface area (Å²) in [6, 6.07) is 16.8. The van der Waals surface area contributed by atoms with Crippen LogP contribution in [0.4, 0.5) is 11.4 Å². The molecule has 0 atom stereocenters. The Morgan fingerprint density at radius 2 is 1.74 bits per heavy atom. The van der Waals surface area contributed by atoms with E-state index in [4.69, 9.17) is 0 Å². The highest BCUT2D eigenvalue weighted by Crippen LogP contribution is 2.32. The first-order chi connectivity index (χ1) is 10.9. The second-order valence-electron chi connectivity index (χ2n) is 6.54. The second-order valence-corrected chi connectivity index (χ2v) is 6.54. The maximum atomic E-state index is 4.58. The van der Waals surface area contributed by atoms with Crippen molar-refractivity contribution in [2.75, 3.05) is 24.4 Å². The van der Waals surface area contributed by atoms with Crippen molar-refractivity contribution in [1.29, 1.82) is 0 Å². The van der Waals surface area contributed by atoms with Gasteiger partial charge < -0.3 is 5.32 Å².